The molecule has 0 aliphatic carbocycles. The molecule has 2 rings (SSSR count). The number of anilines is 1. The second-order valence-electron chi connectivity index (χ2n) is 4.75. The summed E-state index contributed by atoms with van der Waals surface area (Å²) in [5, 5.41) is 9.87. The molecule has 0 aliphatic heterocycles. The lowest BCUT2D eigenvalue weighted by Gasteiger charge is -2.19. The molecule has 0 saturated heterocycles. The molecule has 0 radical (unpaired) electrons. The van der Waals surface area contributed by atoms with E-state index >= 15 is 0 Å². The van der Waals surface area contributed by atoms with Gasteiger partial charge in [-0.2, -0.15) is 5.06 Å². The van der Waals surface area contributed by atoms with Gasteiger partial charge in [0.2, 0.25) is 12.3 Å². The number of rotatable bonds is 6. The Labute approximate surface area is 127 Å². The van der Waals surface area contributed by atoms with Crippen molar-refractivity contribution in [2.24, 2.45) is 5.73 Å². The third-order valence-corrected chi connectivity index (χ3v) is 3.22. The van der Waals surface area contributed by atoms with E-state index in [-0.39, 0.29) is 0 Å². The molecule has 0 aliphatic rings. The van der Waals surface area contributed by atoms with Crippen molar-refractivity contribution < 1.29 is 19.2 Å². The van der Waals surface area contributed by atoms with Gasteiger partial charge in [-0.15, -0.1) is 0 Å². The maximum Gasteiger partial charge on any atom is 0.339 e. The van der Waals surface area contributed by atoms with Crippen molar-refractivity contribution in [3.05, 3.63) is 53.8 Å². The molecule has 116 valence electrons. The third-order valence-electron chi connectivity index (χ3n) is 3.22. The Kier molecular flexibility index (Phi) is 4.80. The zero-order valence-electron chi connectivity index (χ0n) is 12.0. The molecule has 0 bridgehead atoms. The Morgan fingerprint density at radius 2 is 2.00 bits per heavy atom. The Balaban J connectivity index is 2.15. The molecule has 2 aromatic rings. The lowest BCUT2D eigenvalue weighted by molar-refractivity contribution is -0.107. The number of carbonyl (C=O) groups is 2. The van der Waals surface area contributed by atoms with Crippen molar-refractivity contribution in [3.8, 4) is 0 Å². The number of urea groups is 1. The van der Waals surface area contributed by atoms with Gasteiger partial charge in [0.05, 0.1) is 6.54 Å². The predicted octanol–water partition coefficient (Wildman–Crippen LogP) is 2.27. The minimum absolute atomic E-state index is 0.316. The number of nitrogens with two attached hydrogens (primary N) is 1. The summed E-state index contributed by atoms with van der Waals surface area (Å²) in [5.74, 6) is 0.634. The fourth-order valence-corrected chi connectivity index (χ4v) is 1.98. The third kappa shape index (κ3) is 3.44. The number of benzene rings is 1. The van der Waals surface area contributed by atoms with Crippen molar-refractivity contribution in [2.45, 2.75) is 19.5 Å². The Morgan fingerprint density at radius 3 is 2.59 bits per heavy atom. The standard InChI is InChI=1S/C15H17N3O4/c1-11(18(21)15(16)20)13-7-8-14(22-13)17(10-19)9-12-5-3-2-4-6-12/h2-8,10-11,21H,9H2,1H3,(H2,16,20). The fourth-order valence-electron chi connectivity index (χ4n) is 1.98. The number of hydroxylamine groups is 2. The van der Waals surface area contributed by atoms with E-state index in [9.17, 15) is 14.8 Å². The van der Waals surface area contributed by atoms with Crippen LogP contribution in [-0.2, 0) is 11.3 Å². The number of hydrogen-bond donors (Lipinski definition) is 2. The van der Waals surface area contributed by atoms with Gasteiger partial charge in [0, 0.05) is 6.07 Å². The number of nitrogens with zero attached hydrogens (tertiary/aromatic N) is 2. The normalized spacial score (nSPS) is 11.7. The average Bonchev–Trinajstić information content (AvgIpc) is 3.01. The maximum absolute atomic E-state index is 11.3. The van der Waals surface area contributed by atoms with E-state index in [2.05, 4.69) is 0 Å². The Hall–Kier alpha value is -2.80. The van der Waals surface area contributed by atoms with E-state index < -0.39 is 12.1 Å². The zero-order chi connectivity index (χ0) is 16.1. The monoisotopic (exact) mass is 303 g/mol. The van der Waals surface area contributed by atoms with Crippen LogP contribution < -0.4 is 10.6 Å². The molecule has 7 heteroatoms. The first kappa shape index (κ1) is 15.6. The first-order valence-corrected chi connectivity index (χ1v) is 6.66. The summed E-state index contributed by atoms with van der Waals surface area (Å²) in [5.41, 5.74) is 5.94. The van der Waals surface area contributed by atoms with Gasteiger partial charge in [0.15, 0.2) is 0 Å². The summed E-state index contributed by atoms with van der Waals surface area (Å²) >= 11 is 0. The van der Waals surface area contributed by atoms with Crippen LogP contribution in [0.2, 0.25) is 0 Å². The summed E-state index contributed by atoms with van der Waals surface area (Å²) in [4.78, 5) is 23.6. The number of furan rings is 1. The van der Waals surface area contributed by atoms with Gasteiger partial charge in [-0.1, -0.05) is 30.3 Å². The molecule has 1 aromatic carbocycles. The van der Waals surface area contributed by atoms with E-state index in [0.29, 0.717) is 29.7 Å². The van der Waals surface area contributed by atoms with Crippen molar-refractivity contribution in [3.63, 3.8) is 0 Å². The van der Waals surface area contributed by atoms with Gasteiger partial charge < -0.3 is 10.2 Å². The van der Waals surface area contributed by atoms with Crippen LogP contribution in [0.4, 0.5) is 10.7 Å². The van der Waals surface area contributed by atoms with Gasteiger partial charge in [0.25, 0.3) is 0 Å². The molecule has 3 N–H and O–H groups in total. The predicted molar refractivity (Wildman–Crippen MR) is 79.0 cm³/mol. The van der Waals surface area contributed by atoms with Crippen molar-refractivity contribution in [1.29, 1.82) is 0 Å². The van der Waals surface area contributed by atoms with Crippen LogP contribution in [0.3, 0.4) is 0 Å². The topological polar surface area (TPSA) is 100 Å². The Bertz CT molecular complexity index is 641. The number of hydrogen-bond acceptors (Lipinski definition) is 4. The quantitative estimate of drug-likeness (QED) is 0.485. The average molecular weight is 303 g/mol. The van der Waals surface area contributed by atoms with Crippen molar-refractivity contribution >= 4 is 18.3 Å². The van der Waals surface area contributed by atoms with Gasteiger partial charge in [-0.05, 0) is 18.6 Å². The Morgan fingerprint density at radius 1 is 1.32 bits per heavy atom. The molecule has 1 heterocycles. The molecule has 0 fully saturated rings. The molecular weight excluding hydrogens is 286 g/mol. The summed E-state index contributed by atoms with van der Waals surface area (Å²) in [6.07, 6.45) is 0.658. The summed E-state index contributed by atoms with van der Waals surface area (Å²) in [6.45, 7) is 1.90. The lowest BCUT2D eigenvalue weighted by Crippen LogP contribution is -2.34. The fraction of sp³-hybridized carbons (Fsp3) is 0.200. The maximum atomic E-state index is 11.3. The van der Waals surface area contributed by atoms with Gasteiger partial charge in [0.1, 0.15) is 11.8 Å². The highest BCUT2D eigenvalue weighted by molar-refractivity contribution is 5.72. The van der Waals surface area contributed by atoms with Crippen LogP contribution in [0, 0.1) is 0 Å². The van der Waals surface area contributed by atoms with Gasteiger partial charge >= 0.3 is 6.03 Å². The van der Waals surface area contributed by atoms with Crippen LogP contribution in [0.5, 0.6) is 0 Å². The van der Waals surface area contributed by atoms with E-state index in [1.54, 1.807) is 19.1 Å². The number of amides is 3. The SMILES string of the molecule is CC(c1ccc(N(C=O)Cc2ccccc2)o1)N(O)C(N)=O. The van der Waals surface area contributed by atoms with Crippen molar-refractivity contribution in [2.75, 3.05) is 4.90 Å². The van der Waals surface area contributed by atoms with Crippen LogP contribution in [0.25, 0.3) is 0 Å². The molecule has 3 amide bonds. The highest BCUT2D eigenvalue weighted by atomic mass is 16.5. The van der Waals surface area contributed by atoms with Crippen LogP contribution in [0.1, 0.15) is 24.3 Å². The van der Waals surface area contributed by atoms with Crippen LogP contribution >= 0.6 is 0 Å². The highest BCUT2D eigenvalue weighted by Gasteiger charge is 2.21. The summed E-state index contributed by atoms with van der Waals surface area (Å²) in [7, 11) is 0. The number of carbonyl (C=O) groups excluding carboxylic acids is 2. The van der Waals surface area contributed by atoms with E-state index in [1.165, 1.54) is 4.90 Å². The van der Waals surface area contributed by atoms with Crippen LogP contribution in [0.15, 0.2) is 46.9 Å². The van der Waals surface area contributed by atoms with E-state index in [0.717, 1.165) is 5.56 Å². The first-order chi connectivity index (χ1) is 10.5. The van der Waals surface area contributed by atoms with E-state index in [1.807, 2.05) is 30.3 Å². The molecule has 1 unspecified atom stereocenters. The molecule has 22 heavy (non-hydrogen) atoms. The molecule has 1 aromatic heterocycles. The molecular formula is C15H17N3O4. The van der Waals surface area contributed by atoms with Gasteiger partial charge in [-0.25, -0.2) is 4.79 Å². The lowest BCUT2D eigenvalue weighted by atomic mass is 10.2. The summed E-state index contributed by atoms with van der Waals surface area (Å²) < 4.78 is 5.53. The second-order valence-corrected chi connectivity index (χ2v) is 4.75. The second kappa shape index (κ2) is 6.77. The first-order valence-electron chi connectivity index (χ1n) is 6.66. The smallest absolute Gasteiger partial charge is 0.339 e. The molecule has 7 nitrogen and oxygen atoms in total. The van der Waals surface area contributed by atoms with E-state index in [4.69, 9.17) is 10.2 Å². The number of primary amides is 1. The van der Waals surface area contributed by atoms with Crippen LogP contribution in [-0.4, -0.2) is 22.7 Å². The summed E-state index contributed by atoms with van der Waals surface area (Å²) in [6, 6.07) is 10.9. The molecule has 0 saturated carbocycles. The van der Waals surface area contributed by atoms with Gasteiger partial charge in [-0.3, -0.25) is 14.9 Å². The molecule has 1 atom stereocenters. The highest BCUT2D eigenvalue weighted by Crippen LogP contribution is 2.26. The molecule has 0 spiro atoms. The van der Waals surface area contributed by atoms with Crippen molar-refractivity contribution in [1.82, 2.24) is 5.06 Å². The largest absolute Gasteiger partial charge is 0.443 e. The minimum atomic E-state index is -0.984. The minimum Gasteiger partial charge on any atom is -0.443 e. The zero-order valence-corrected chi connectivity index (χ0v) is 12.0.